The summed E-state index contributed by atoms with van der Waals surface area (Å²) in [6.45, 7) is 4.41. The van der Waals surface area contributed by atoms with Crippen molar-refractivity contribution in [2.45, 2.75) is 64.5 Å². The van der Waals surface area contributed by atoms with E-state index in [1.807, 2.05) is 60.7 Å². The monoisotopic (exact) mass is 628 g/mol. The highest BCUT2D eigenvalue weighted by Gasteiger charge is 2.42. The number of nitrogens with zero attached hydrogens (tertiary/aromatic N) is 8. The molecule has 2 aromatic carbocycles. The quantitative estimate of drug-likeness (QED) is 0.185. The summed E-state index contributed by atoms with van der Waals surface area (Å²) in [4.78, 5) is 42.4. The first-order valence-corrected chi connectivity index (χ1v) is 16.6. The minimum absolute atomic E-state index is 0.0651. The Balaban J connectivity index is 1.11. The van der Waals surface area contributed by atoms with Gasteiger partial charge in [-0.3, -0.25) is 9.68 Å². The SMILES string of the molecule is O=C(O[N+]1(CCn2ncc(-c3ccccc3)n2)CCCCCC1)C(=O)O[N+]1(CCn2ncc(-c3ccccc3)n2)CCCCCC1. The average molecular weight is 629 g/mol. The van der Waals surface area contributed by atoms with Crippen LogP contribution in [0.5, 0.6) is 0 Å². The standard InChI is InChI=1S/C34H44N8O4/c43-33(45-41(21-11-1-2-12-22-41)25-19-39-35-27-31(37-39)29-15-7-5-8-16-29)34(44)46-42(23-13-3-4-14-24-42)26-20-40-36-28-32(38-40)30-17-9-6-10-18-30/h5-10,15-18,27-28H,1-4,11-14,19-26H2/q+2. The van der Waals surface area contributed by atoms with Gasteiger partial charge >= 0.3 is 11.9 Å². The zero-order valence-corrected chi connectivity index (χ0v) is 26.5. The molecule has 2 saturated heterocycles. The van der Waals surface area contributed by atoms with E-state index in [4.69, 9.17) is 9.68 Å². The van der Waals surface area contributed by atoms with E-state index in [1.165, 1.54) is 0 Å². The molecule has 2 aliphatic rings. The molecule has 12 heteroatoms. The number of carbonyl (C=O) groups excluding carboxylic acids is 2. The zero-order valence-electron chi connectivity index (χ0n) is 26.5. The molecule has 0 bridgehead atoms. The summed E-state index contributed by atoms with van der Waals surface area (Å²) in [6, 6.07) is 19.8. The molecule has 46 heavy (non-hydrogen) atoms. The molecule has 0 aliphatic carbocycles. The second-order valence-electron chi connectivity index (χ2n) is 12.4. The predicted molar refractivity (Wildman–Crippen MR) is 170 cm³/mol. The van der Waals surface area contributed by atoms with Gasteiger partial charge in [-0.15, -0.1) is 9.29 Å². The number of benzene rings is 2. The smallest absolute Gasteiger partial charge is 0.263 e. The Hall–Kier alpha value is -4.42. The number of hydrogen-bond acceptors (Lipinski definition) is 8. The van der Waals surface area contributed by atoms with E-state index in [0.29, 0.717) is 52.4 Å². The van der Waals surface area contributed by atoms with E-state index in [2.05, 4.69) is 20.4 Å². The highest BCUT2D eigenvalue weighted by atomic mass is 16.8. The van der Waals surface area contributed by atoms with Crippen molar-refractivity contribution in [3.8, 4) is 22.5 Å². The molecule has 0 amide bonds. The molecule has 2 aliphatic heterocycles. The van der Waals surface area contributed by atoms with Crippen molar-refractivity contribution in [1.82, 2.24) is 30.0 Å². The summed E-state index contributed by atoms with van der Waals surface area (Å²) in [5, 5.41) is 18.2. The molecule has 6 rings (SSSR count). The lowest BCUT2D eigenvalue weighted by molar-refractivity contribution is -1.09. The summed E-state index contributed by atoms with van der Waals surface area (Å²) in [7, 11) is 0. The van der Waals surface area contributed by atoms with Gasteiger partial charge in [-0.05, 0) is 25.7 Å². The van der Waals surface area contributed by atoms with Gasteiger partial charge in [0.25, 0.3) is 0 Å². The molecule has 0 saturated carbocycles. The van der Waals surface area contributed by atoms with Crippen LogP contribution in [0.15, 0.2) is 73.1 Å². The molecule has 2 fully saturated rings. The van der Waals surface area contributed by atoms with Gasteiger partial charge in [0.2, 0.25) is 0 Å². The Bertz CT molecular complexity index is 1440. The Labute approximate surface area is 269 Å². The van der Waals surface area contributed by atoms with Crippen LogP contribution in [0.25, 0.3) is 22.5 Å². The summed E-state index contributed by atoms with van der Waals surface area (Å²) in [5.41, 5.74) is 3.56. The minimum atomic E-state index is -0.939. The Morgan fingerprint density at radius 2 is 0.935 bits per heavy atom. The van der Waals surface area contributed by atoms with E-state index < -0.39 is 11.9 Å². The van der Waals surface area contributed by atoms with Gasteiger partial charge in [0.05, 0.1) is 12.4 Å². The number of hydrogen-bond donors (Lipinski definition) is 0. The first kappa shape index (κ1) is 31.6. The van der Waals surface area contributed by atoms with Crippen LogP contribution >= 0.6 is 0 Å². The first-order valence-electron chi connectivity index (χ1n) is 16.6. The second kappa shape index (κ2) is 14.8. The van der Waals surface area contributed by atoms with Crippen molar-refractivity contribution in [2.24, 2.45) is 0 Å². The molecule has 0 unspecified atom stereocenters. The maximum absolute atomic E-state index is 13.5. The molecule has 2 aromatic heterocycles. The van der Waals surface area contributed by atoms with Crippen LogP contribution in [0.4, 0.5) is 0 Å². The number of rotatable bonds is 10. The molecular weight excluding hydrogens is 584 g/mol. The fourth-order valence-electron chi connectivity index (χ4n) is 6.51. The fourth-order valence-corrected chi connectivity index (χ4v) is 6.51. The molecule has 242 valence electrons. The summed E-state index contributed by atoms with van der Waals surface area (Å²) < 4.78 is 0.130. The Morgan fingerprint density at radius 3 is 1.30 bits per heavy atom. The highest BCUT2D eigenvalue weighted by molar-refractivity contribution is 6.29. The molecule has 0 N–H and O–H groups in total. The number of hydroxylamine groups is 6. The zero-order chi connectivity index (χ0) is 31.7. The lowest BCUT2D eigenvalue weighted by Crippen LogP contribution is -2.56. The van der Waals surface area contributed by atoms with Crippen LogP contribution in [-0.2, 0) is 32.4 Å². The topological polar surface area (TPSA) is 114 Å². The maximum Gasteiger partial charge on any atom is 0.480 e. The number of aromatic nitrogens is 6. The molecular formula is C34H44N8O4+2. The molecule has 0 atom stereocenters. The van der Waals surface area contributed by atoms with Gasteiger partial charge in [-0.25, -0.2) is 9.59 Å². The van der Waals surface area contributed by atoms with Crippen LogP contribution in [-0.4, -0.2) is 90.5 Å². The van der Waals surface area contributed by atoms with Crippen molar-refractivity contribution < 1.29 is 28.6 Å². The van der Waals surface area contributed by atoms with E-state index >= 15 is 0 Å². The number of carbonyl (C=O) groups is 2. The van der Waals surface area contributed by atoms with E-state index in [9.17, 15) is 9.59 Å². The lowest BCUT2D eigenvalue weighted by atomic mass is 10.2. The first-order chi connectivity index (χ1) is 22.5. The van der Waals surface area contributed by atoms with Crippen LogP contribution in [0, 0.1) is 0 Å². The summed E-state index contributed by atoms with van der Waals surface area (Å²) in [5.74, 6) is -1.88. The predicted octanol–water partition coefficient (Wildman–Crippen LogP) is 4.60. The van der Waals surface area contributed by atoms with Gasteiger partial charge < -0.3 is 0 Å². The lowest BCUT2D eigenvalue weighted by Gasteiger charge is -2.35. The third-order valence-corrected chi connectivity index (χ3v) is 9.11. The van der Waals surface area contributed by atoms with E-state index in [-0.39, 0.29) is 9.29 Å². The van der Waals surface area contributed by atoms with Crippen LogP contribution in [0.3, 0.4) is 0 Å². The van der Waals surface area contributed by atoms with Gasteiger partial charge in [-0.1, -0.05) is 60.7 Å². The third-order valence-electron chi connectivity index (χ3n) is 9.11. The minimum Gasteiger partial charge on any atom is -0.263 e. The van der Waals surface area contributed by atoms with Crippen molar-refractivity contribution in [1.29, 1.82) is 0 Å². The van der Waals surface area contributed by atoms with Gasteiger partial charge in [-0.2, -0.15) is 30.0 Å². The normalized spacial score (nSPS) is 17.8. The van der Waals surface area contributed by atoms with Crippen LogP contribution in [0.1, 0.15) is 51.4 Å². The second-order valence-corrected chi connectivity index (χ2v) is 12.4. The highest BCUT2D eigenvalue weighted by Crippen LogP contribution is 2.24. The van der Waals surface area contributed by atoms with Crippen LogP contribution < -0.4 is 0 Å². The van der Waals surface area contributed by atoms with E-state index in [0.717, 1.165) is 73.9 Å². The Kier molecular flexibility index (Phi) is 10.1. The van der Waals surface area contributed by atoms with Crippen molar-refractivity contribution in [3.05, 3.63) is 73.1 Å². The molecule has 0 radical (unpaired) electrons. The van der Waals surface area contributed by atoms with E-state index in [1.54, 1.807) is 22.0 Å². The molecule has 0 spiro atoms. The van der Waals surface area contributed by atoms with Crippen LogP contribution in [0.2, 0.25) is 0 Å². The maximum atomic E-state index is 13.5. The number of quaternary nitrogens is 2. The fraction of sp³-hybridized carbons (Fsp3) is 0.471. The largest absolute Gasteiger partial charge is 0.480 e. The third kappa shape index (κ3) is 8.04. The van der Waals surface area contributed by atoms with Gasteiger partial charge in [0, 0.05) is 36.8 Å². The Morgan fingerprint density at radius 1 is 0.565 bits per heavy atom. The van der Waals surface area contributed by atoms with Gasteiger partial charge in [0.1, 0.15) is 63.7 Å². The summed E-state index contributed by atoms with van der Waals surface area (Å²) >= 11 is 0. The number of likely N-dealkylation sites (tertiary alicyclic amines) is 2. The summed E-state index contributed by atoms with van der Waals surface area (Å²) in [6.07, 6.45) is 11.4. The molecule has 4 heterocycles. The molecule has 12 nitrogen and oxygen atoms in total. The van der Waals surface area contributed by atoms with Crippen molar-refractivity contribution >= 4 is 11.9 Å². The molecule has 4 aromatic rings. The average Bonchev–Trinajstić information content (AvgIpc) is 3.64. The van der Waals surface area contributed by atoms with Gasteiger partial charge in [0.15, 0.2) is 0 Å². The van der Waals surface area contributed by atoms with Crippen molar-refractivity contribution in [2.75, 3.05) is 39.3 Å². The van der Waals surface area contributed by atoms with Crippen molar-refractivity contribution in [3.63, 3.8) is 0 Å².